The minimum atomic E-state index is -1.51. The molecule has 2 aliphatic rings. The second-order valence-electron chi connectivity index (χ2n) is 5.33. The van der Waals surface area contributed by atoms with Gasteiger partial charge in [0.2, 0.25) is 11.8 Å². The summed E-state index contributed by atoms with van der Waals surface area (Å²) >= 11 is 2.67. The van der Waals surface area contributed by atoms with Gasteiger partial charge in [-0.25, -0.2) is 14.3 Å². The van der Waals surface area contributed by atoms with Crippen LogP contribution in [-0.4, -0.2) is 72.8 Å². The van der Waals surface area contributed by atoms with Crippen LogP contribution in [0.25, 0.3) is 0 Å². The Morgan fingerprint density at radius 2 is 2.23 bits per heavy atom. The van der Waals surface area contributed by atoms with E-state index in [4.69, 9.17) is 15.6 Å². The number of β-lactam (4-membered cyclic amide) rings is 1. The summed E-state index contributed by atoms with van der Waals surface area (Å²) in [6.07, 6.45) is -1.51. The Morgan fingerprint density at radius 1 is 1.50 bits per heavy atom. The molecule has 0 aromatic carbocycles. The minimum Gasteiger partial charge on any atom is -0.463 e. The molecule has 0 radical (unpaired) electrons. The molecule has 3 rings (SSSR count). The van der Waals surface area contributed by atoms with Gasteiger partial charge in [0.05, 0.1) is 7.11 Å². The molecule has 3 N–H and O–H groups in total. The summed E-state index contributed by atoms with van der Waals surface area (Å²) in [5, 5.41) is 13.0. The lowest BCUT2D eigenvalue weighted by atomic mass is 10.1. The number of ether oxygens (including phenoxy) is 2. The second kappa shape index (κ2) is 7.17. The molecule has 0 bridgehead atoms. The highest BCUT2D eigenvalue weighted by Gasteiger charge is 2.51. The van der Waals surface area contributed by atoms with E-state index < -0.39 is 18.2 Å². The van der Waals surface area contributed by atoms with Crippen molar-refractivity contribution in [3.8, 4) is 0 Å². The van der Waals surface area contributed by atoms with Gasteiger partial charge in [0, 0.05) is 24.1 Å². The third kappa shape index (κ3) is 3.24. The molecule has 2 aliphatic heterocycles. The van der Waals surface area contributed by atoms with Gasteiger partial charge in [-0.1, -0.05) is 11.8 Å². The van der Waals surface area contributed by atoms with E-state index in [1.807, 2.05) is 0 Å². The zero-order valence-corrected chi connectivity index (χ0v) is 15.4. The van der Waals surface area contributed by atoms with Gasteiger partial charge in [0.1, 0.15) is 11.4 Å². The topological polar surface area (TPSA) is 150 Å². The van der Waals surface area contributed by atoms with Crippen molar-refractivity contribution in [1.82, 2.24) is 19.7 Å². The zero-order valence-electron chi connectivity index (χ0n) is 13.7. The first kappa shape index (κ1) is 18.5. The highest BCUT2D eigenvalue weighted by molar-refractivity contribution is 8.01. The number of thioether (sulfide) groups is 2. The number of carboxylic acid groups (broad SMARTS) is 1. The van der Waals surface area contributed by atoms with E-state index in [0.29, 0.717) is 22.2 Å². The molecule has 1 aromatic heterocycles. The van der Waals surface area contributed by atoms with Gasteiger partial charge in [0.15, 0.2) is 5.16 Å². The molecular weight excluding hydrogens is 386 g/mol. The van der Waals surface area contributed by atoms with Gasteiger partial charge >= 0.3 is 12.1 Å². The van der Waals surface area contributed by atoms with Crippen LogP contribution >= 0.6 is 23.5 Å². The molecule has 26 heavy (non-hydrogen) atoms. The maximum atomic E-state index is 12.0. The number of aromatic nitrogens is 3. The number of fused-ring (bicyclic) bond motifs is 1. The molecule has 140 valence electrons. The van der Waals surface area contributed by atoms with E-state index in [0.717, 1.165) is 0 Å². The Morgan fingerprint density at radius 3 is 2.88 bits per heavy atom. The fraction of sp³-hybridized carbons (Fsp3) is 0.462. The average Bonchev–Trinajstić information content (AvgIpc) is 2.99. The number of esters is 1. The van der Waals surface area contributed by atoms with E-state index in [1.165, 1.54) is 40.2 Å². The van der Waals surface area contributed by atoms with E-state index in [1.54, 1.807) is 7.05 Å². The third-order valence-corrected chi connectivity index (χ3v) is 6.15. The Hall–Kier alpha value is -2.25. The fourth-order valence-corrected chi connectivity index (χ4v) is 4.74. The number of aryl methyl sites for hydroxylation is 1. The first-order chi connectivity index (χ1) is 12.3. The van der Waals surface area contributed by atoms with Crippen molar-refractivity contribution >= 4 is 41.6 Å². The van der Waals surface area contributed by atoms with Crippen LogP contribution < -0.4 is 5.73 Å². The maximum Gasteiger partial charge on any atom is 0.512 e. The van der Waals surface area contributed by atoms with Crippen molar-refractivity contribution in [3.05, 3.63) is 17.3 Å². The molecule has 11 nitrogen and oxygen atoms in total. The first-order valence-electron chi connectivity index (χ1n) is 7.28. The van der Waals surface area contributed by atoms with Gasteiger partial charge in [-0.2, -0.15) is 4.98 Å². The molecular formula is C13H15N5O6S2. The van der Waals surface area contributed by atoms with E-state index in [9.17, 15) is 14.4 Å². The molecule has 1 saturated heterocycles. The summed E-state index contributed by atoms with van der Waals surface area (Å²) < 4.78 is 10.8. The number of hydrogen-bond donors (Lipinski definition) is 2. The largest absolute Gasteiger partial charge is 0.512 e. The van der Waals surface area contributed by atoms with Gasteiger partial charge < -0.3 is 20.3 Å². The molecule has 13 heteroatoms. The average molecular weight is 401 g/mol. The highest BCUT2D eigenvalue weighted by atomic mass is 32.2. The summed E-state index contributed by atoms with van der Waals surface area (Å²) in [4.78, 5) is 39.8. The van der Waals surface area contributed by atoms with Crippen LogP contribution in [0.1, 0.15) is 10.6 Å². The van der Waals surface area contributed by atoms with Gasteiger partial charge in [0.25, 0.3) is 5.82 Å². The molecule has 3 heterocycles. The standard InChI is InChI=1S/C13H15N5O6S2/c1-17-12(15-7(16-17)11(20)23-2)26-4-5-3-25-10-6(14)8(19)18(10)9(5)24-13(21)22/h6,10H,3-4,14H2,1-2H3,(H,21,22)/t6-,10-/m1/s1. The van der Waals surface area contributed by atoms with Crippen molar-refractivity contribution < 1.29 is 29.0 Å². The maximum absolute atomic E-state index is 12.0. The van der Waals surface area contributed by atoms with Gasteiger partial charge in [-0.15, -0.1) is 16.9 Å². The Labute approximate surface area is 155 Å². The van der Waals surface area contributed by atoms with Crippen LogP contribution in [0.3, 0.4) is 0 Å². The fourth-order valence-electron chi connectivity index (χ4n) is 2.43. The van der Waals surface area contributed by atoms with Crippen LogP contribution in [0, 0.1) is 0 Å². The summed E-state index contributed by atoms with van der Waals surface area (Å²) in [5.74, 6) is -0.356. The third-order valence-electron chi connectivity index (χ3n) is 3.68. The molecule has 1 fully saturated rings. The molecule has 0 unspecified atom stereocenters. The smallest absolute Gasteiger partial charge is 0.463 e. The lowest BCUT2D eigenvalue weighted by Gasteiger charge is -2.47. The number of carbonyl (C=O) groups excluding carboxylic acids is 2. The summed E-state index contributed by atoms with van der Waals surface area (Å²) in [5.41, 5.74) is 6.35. The minimum absolute atomic E-state index is 0.00388. The molecule has 2 atom stereocenters. The first-order valence-corrected chi connectivity index (χ1v) is 9.32. The number of rotatable bonds is 5. The summed E-state index contributed by atoms with van der Waals surface area (Å²) in [6.45, 7) is 0. The number of methoxy groups -OCH3 is 1. The predicted molar refractivity (Wildman–Crippen MR) is 90.3 cm³/mol. The Bertz CT molecular complexity index is 809. The van der Waals surface area contributed by atoms with E-state index in [-0.39, 0.29) is 23.0 Å². The van der Waals surface area contributed by atoms with Crippen LogP contribution in [0.4, 0.5) is 4.79 Å². The number of nitrogens with zero attached hydrogens (tertiary/aromatic N) is 4. The number of hydrogen-bond acceptors (Lipinski definition) is 10. The Kier molecular flexibility index (Phi) is 5.11. The van der Waals surface area contributed by atoms with Crippen molar-refractivity contribution in [2.24, 2.45) is 12.8 Å². The predicted octanol–water partition coefficient (Wildman–Crippen LogP) is -0.158. The molecule has 0 saturated carbocycles. The summed E-state index contributed by atoms with van der Waals surface area (Å²) in [7, 11) is 2.85. The quantitative estimate of drug-likeness (QED) is 0.385. The van der Waals surface area contributed by atoms with Gasteiger partial charge in [-0.3, -0.25) is 9.69 Å². The van der Waals surface area contributed by atoms with Crippen LogP contribution in [0.2, 0.25) is 0 Å². The van der Waals surface area contributed by atoms with E-state index >= 15 is 0 Å². The van der Waals surface area contributed by atoms with Crippen molar-refractivity contribution in [3.63, 3.8) is 0 Å². The SMILES string of the molecule is COC(=O)c1nc(SCC2=C(OC(=O)O)N3C(=O)[C@@H](N)[C@H]3SC2)n(C)n1. The van der Waals surface area contributed by atoms with E-state index in [2.05, 4.69) is 14.8 Å². The molecule has 0 aliphatic carbocycles. The van der Waals surface area contributed by atoms with Crippen LogP contribution in [0.5, 0.6) is 0 Å². The lowest BCUT2D eigenvalue weighted by Crippen LogP contribution is -2.68. The number of nitrogens with two attached hydrogens (primary N) is 1. The molecule has 0 spiro atoms. The molecule has 1 aromatic rings. The number of carbonyl (C=O) groups is 3. The van der Waals surface area contributed by atoms with Crippen molar-refractivity contribution in [2.75, 3.05) is 18.6 Å². The zero-order chi connectivity index (χ0) is 19.0. The van der Waals surface area contributed by atoms with Gasteiger partial charge in [-0.05, 0) is 0 Å². The normalized spacial score (nSPS) is 22.0. The van der Waals surface area contributed by atoms with Crippen molar-refractivity contribution in [2.45, 2.75) is 16.6 Å². The van der Waals surface area contributed by atoms with Crippen LogP contribution in [0.15, 0.2) is 16.6 Å². The monoisotopic (exact) mass is 401 g/mol. The van der Waals surface area contributed by atoms with Crippen LogP contribution in [-0.2, 0) is 21.3 Å². The Balaban J connectivity index is 1.79. The summed E-state index contributed by atoms with van der Waals surface area (Å²) in [6, 6.07) is -0.664. The second-order valence-corrected chi connectivity index (χ2v) is 7.38. The number of amides is 1. The lowest BCUT2D eigenvalue weighted by molar-refractivity contribution is -0.144. The highest BCUT2D eigenvalue weighted by Crippen LogP contribution is 2.40. The van der Waals surface area contributed by atoms with Crippen molar-refractivity contribution in [1.29, 1.82) is 0 Å². The molecule has 1 amide bonds.